The lowest BCUT2D eigenvalue weighted by atomic mass is 9.87. The van der Waals surface area contributed by atoms with Crippen LogP contribution < -0.4 is 4.74 Å². The Labute approximate surface area is 116 Å². The second-order valence-electron chi connectivity index (χ2n) is 6.11. The third-order valence-corrected chi connectivity index (χ3v) is 3.35. The lowest BCUT2D eigenvalue weighted by molar-refractivity contribution is 0.384. The number of nitrogens with zero attached hydrogens (tertiary/aromatic N) is 1. The van der Waals surface area contributed by atoms with E-state index in [1.807, 2.05) is 0 Å². The highest BCUT2D eigenvalue weighted by Gasteiger charge is 2.15. The van der Waals surface area contributed by atoms with Gasteiger partial charge in [0.25, 0.3) is 0 Å². The summed E-state index contributed by atoms with van der Waals surface area (Å²) in [6.07, 6.45) is 2.83. The minimum absolute atomic E-state index is 0.0288. The van der Waals surface area contributed by atoms with E-state index in [-0.39, 0.29) is 11.2 Å². The van der Waals surface area contributed by atoms with Crippen molar-refractivity contribution in [3.05, 3.63) is 29.6 Å². The molecule has 2 rings (SSSR count). The molecule has 0 bridgehead atoms. The average Bonchev–Trinajstić information content (AvgIpc) is 2.80. The van der Waals surface area contributed by atoms with E-state index >= 15 is 0 Å². The molecule has 1 heterocycles. The Morgan fingerprint density at radius 1 is 1.16 bits per heavy atom. The number of hydrogen-bond donors (Lipinski definition) is 0. The van der Waals surface area contributed by atoms with Crippen LogP contribution in [0.4, 0.5) is 4.39 Å². The first-order chi connectivity index (χ1) is 8.84. The summed E-state index contributed by atoms with van der Waals surface area (Å²) in [5, 5.41) is 0. The summed E-state index contributed by atoms with van der Waals surface area (Å²) in [6.45, 7) is 8.89. The molecule has 1 aliphatic heterocycles. The van der Waals surface area contributed by atoms with Gasteiger partial charge in [-0.1, -0.05) is 26.8 Å². The maximum absolute atomic E-state index is 13.0. The Morgan fingerprint density at radius 2 is 1.74 bits per heavy atom. The highest BCUT2D eigenvalue weighted by molar-refractivity contribution is 5.33. The van der Waals surface area contributed by atoms with Gasteiger partial charge in [0.15, 0.2) is 11.6 Å². The molecule has 1 saturated heterocycles. The molecule has 3 heteroatoms. The van der Waals surface area contributed by atoms with Crippen LogP contribution in [0.25, 0.3) is 0 Å². The molecule has 2 nitrogen and oxygen atoms in total. The third-order valence-electron chi connectivity index (χ3n) is 3.35. The molecular formula is C16H26FNO. The van der Waals surface area contributed by atoms with Crippen molar-refractivity contribution in [2.75, 3.05) is 27.2 Å². The van der Waals surface area contributed by atoms with Gasteiger partial charge in [-0.05, 0) is 56.1 Å². The molecule has 0 aliphatic carbocycles. The van der Waals surface area contributed by atoms with Crippen LogP contribution in [0.5, 0.6) is 5.75 Å². The molecule has 1 aromatic rings. The topological polar surface area (TPSA) is 12.5 Å². The fourth-order valence-electron chi connectivity index (χ4n) is 2.00. The van der Waals surface area contributed by atoms with Gasteiger partial charge >= 0.3 is 0 Å². The Hall–Kier alpha value is -1.09. The lowest BCUT2D eigenvalue weighted by Gasteiger charge is -2.19. The first-order valence-electron chi connectivity index (χ1n) is 6.87. The quantitative estimate of drug-likeness (QED) is 0.766. The zero-order valence-electron chi connectivity index (χ0n) is 12.8. The number of hydrogen-bond acceptors (Lipinski definition) is 2. The first kappa shape index (κ1) is 16.0. The smallest absolute Gasteiger partial charge is 0.165 e. The maximum Gasteiger partial charge on any atom is 0.165 e. The molecule has 1 fully saturated rings. The predicted molar refractivity (Wildman–Crippen MR) is 78.4 cm³/mol. The Balaban J connectivity index is 0.000000250. The molecule has 19 heavy (non-hydrogen) atoms. The summed E-state index contributed by atoms with van der Waals surface area (Å²) >= 11 is 0. The fraction of sp³-hybridized carbons (Fsp3) is 0.625. The average molecular weight is 267 g/mol. The number of methoxy groups -OCH3 is 1. The Bertz CT molecular complexity index is 392. The molecule has 0 atom stereocenters. The highest BCUT2D eigenvalue weighted by Crippen LogP contribution is 2.27. The number of halogens is 1. The minimum atomic E-state index is -0.310. The van der Waals surface area contributed by atoms with Gasteiger partial charge in [-0.2, -0.15) is 0 Å². The lowest BCUT2D eigenvalue weighted by Crippen LogP contribution is -2.11. The van der Waals surface area contributed by atoms with Crippen molar-refractivity contribution < 1.29 is 9.13 Å². The standard InChI is InChI=1S/C11H15FO.C5H11N/c1-11(2,3)8-5-6-9(12)10(7-8)13-4;1-6-4-2-3-5-6/h5-7H,1-4H3;2-5H2,1H3. The van der Waals surface area contributed by atoms with Gasteiger partial charge in [0, 0.05) is 0 Å². The Morgan fingerprint density at radius 3 is 2.11 bits per heavy atom. The summed E-state index contributed by atoms with van der Waals surface area (Å²) in [5.74, 6) is 0.00271. The van der Waals surface area contributed by atoms with Gasteiger partial charge in [-0.25, -0.2) is 4.39 Å². The van der Waals surface area contributed by atoms with E-state index in [1.54, 1.807) is 12.1 Å². The van der Waals surface area contributed by atoms with Gasteiger partial charge in [0.05, 0.1) is 7.11 Å². The summed E-state index contributed by atoms with van der Waals surface area (Å²) in [6, 6.07) is 4.98. The molecule has 0 N–H and O–H groups in total. The normalized spacial score (nSPS) is 15.9. The number of likely N-dealkylation sites (tertiary alicyclic amines) is 1. The van der Waals surface area contributed by atoms with E-state index in [0.717, 1.165) is 5.56 Å². The van der Waals surface area contributed by atoms with Crippen molar-refractivity contribution >= 4 is 0 Å². The van der Waals surface area contributed by atoms with Crippen LogP contribution in [0.2, 0.25) is 0 Å². The van der Waals surface area contributed by atoms with Crippen LogP contribution in [-0.4, -0.2) is 32.1 Å². The van der Waals surface area contributed by atoms with E-state index in [1.165, 1.54) is 39.1 Å². The molecule has 1 aromatic carbocycles. The number of ether oxygens (including phenoxy) is 1. The van der Waals surface area contributed by atoms with Gasteiger partial charge in [-0.15, -0.1) is 0 Å². The monoisotopic (exact) mass is 267 g/mol. The van der Waals surface area contributed by atoms with Crippen LogP contribution in [0.1, 0.15) is 39.2 Å². The molecule has 0 aromatic heterocycles. The van der Waals surface area contributed by atoms with Crippen molar-refractivity contribution in [1.29, 1.82) is 0 Å². The molecule has 0 radical (unpaired) electrons. The van der Waals surface area contributed by atoms with E-state index in [9.17, 15) is 4.39 Å². The van der Waals surface area contributed by atoms with E-state index in [0.29, 0.717) is 5.75 Å². The van der Waals surface area contributed by atoms with Crippen LogP contribution in [-0.2, 0) is 5.41 Å². The second kappa shape index (κ2) is 6.90. The summed E-state index contributed by atoms with van der Waals surface area (Å²) < 4.78 is 17.9. The van der Waals surface area contributed by atoms with E-state index in [2.05, 4.69) is 32.7 Å². The maximum atomic E-state index is 13.0. The van der Waals surface area contributed by atoms with Gasteiger partial charge in [0.2, 0.25) is 0 Å². The molecule has 1 aliphatic rings. The molecule has 0 amide bonds. The molecule has 0 unspecified atom stereocenters. The van der Waals surface area contributed by atoms with E-state index < -0.39 is 0 Å². The van der Waals surface area contributed by atoms with Gasteiger partial charge < -0.3 is 9.64 Å². The van der Waals surface area contributed by atoms with Crippen molar-refractivity contribution in [3.63, 3.8) is 0 Å². The summed E-state index contributed by atoms with van der Waals surface area (Å²) in [4.78, 5) is 2.36. The second-order valence-corrected chi connectivity index (χ2v) is 6.11. The fourth-order valence-corrected chi connectivity index (χ4v) is 2.00. The highest BCUT2D eigenvalue weighted by atomic mass is 19.1. The number of benzene rings is 1. The summed E-state index contributed by atoms with van der Waals surface area (Å²) in [7, 11) is 3.65. The van der Waals surface area contributed by atoms with Crippen LogP contribution in [0.15, 0.2) is 18.2 Å². The predicted octanol–water partition coefficient (Wildman–Crippen LogP) is 3.84. The third kappa shape index (κ3) is 5.19. The minimum Gasteiger partial charge on any atom is -0.494 e. The largest absolute Gasteiger partial charge is 0.494 e. The van der Waals surface area contributed by atoms with Crippen LogP contribution >= 0.6 is 0 Å². The van der Waals surface area contributed by atoms with Crippen molar-refractivity contribution in [2.45, 2.75) is 39.0 Å². The first-order valence-corrected chi connectivity index (χ1v) is 6.87. The van der Waals surface area contributed by atoms with Crippen molar-refractivity contribution in [1.82, 2.24) is 4.90 Å². The zero-order chi connectivity index (χ0) is 14.5. The van der Waals surface area contributed by atoms with Gasteiger partial charge in [0.1, 0.15) is 0 Å². The summed E-state index contributed by atoms with van der Waals surface area (Å²) in [5.41, 5.74) is 1.10. The van der Waals surface area contributed by atoms with Gasteiger partial charge in [-0.3, -0.25) is 0 Å². The molecular weight excluding hydrogens is 241 g/mol. The molecule has 0 spiro atoms. The number of rotatable bonds is 1. The van der Waals surface area contributed by atoms with Crippen molar-refractivity contribution in [3.8, 4) is 5.75 Å². The SMILES string of the molecule is CN1CCCC1.COc1cc(C(C)(C)C)ccc1F. The van der Waals surface area contributed by atoms with Crippen molar-refractivity contribution in [2.24, 2.45) is 0 Å². The molecule has 0 saturated carbocycles. The Kier molecular flexibility index (Phi) is 5.80. The molecule has 108 valence electrons. The van der Waals surface area contributed by atoms with E-state index in [4.69, 9.17) is 4.74 Å². The van der Waals surface area contributed by atoms with Crippen LogP contribution in [0.3, 0.4) is 0 Å². The zero-order valence-corrected chi connectivity index (χ0v) is 12.8. The van der Waals surface area contributed by atoms with Crippen LogP contribution in [0, 0.1) is 5.82 Å².